The molecule has 0 unspecified atom stereocenters. The van der Waals surface area contributed by atoms with Crippen LogP contribution in [0.4, 0.5) is 5.69 Å². The molecule has 1 aliphatic rings. The van der Waals surface area contributed by atoms with Crippen molar-refractivity contribution in [2.45, 2.75) is 13.5 Å². The molecule has 0 radical (unpaired) electrons. The van der Waals surface area contributed by atoms with Gasteiger partial charge in [0.05, 0.1) is 17.3 Å². The molecule has 0 N–H and O–H groups in total. The first kappa shape index (κ1) is 18.2. The van der Waals surface area contributed by atoms with Gasteiger partial charge in [0.1, 0.15) is 0 Å². The van der Waals surface area contributed by atoms with Gasteiger partial charge in [-0.2, -0.15) is 0 Å². The lowest BCUT2D eigenvalue weighted by atomic mass is 10.2. The topological polar surface area (TPSA) is 26.8 Å². The molecule has 6 heteroatoms. The molecule has 1 aromatic carbocycles. The first-order chi connectivity index (χ1) is 12.0. The van der Waals surface area contributed by atoms with Crippen LogP contribution in [0.1, 0.15) is 10.4 Å². The van der Waals surface area contributed by atoms with Gasteiger partial charge < -0.3 is 9.80 Å². The van der Waals surface area contributed by atoms with E-state index < -0.39 is 0 Å². The Hall–Kier alpha value is -1.56. The number of likely N-dealkylation sites (N-methyl/N-ethyl adjacent to an activating group) is 1. The number of halogens is 1. The third-order valence-corrected chi connectivity index (χ3v) is 5.94. The van der Waals surface area contributed by atoms with Crippen LogP contribution >= 0.6 is 22.9 Å². The normalized spacial score (nSPS) is 15.0. The SMILES string of the molecule is Cc1ccsc1CN(C)CC(=O)N1CCN(c2ccccc2Cl)CC1. The van der Waals surface area contributed by atoms with Crippen molar-refractivity contribution in [1.82, 2.24) is 9.80 Å². The number of rotatable bonds is 5. The fraction of sp³-hybridized carbons (Fsp3) is 0.421. The number of hydrogen-bond donors (Lipinski definition) is 0. The van der Waals surface area contributed by atoms with E-state index in [9.17, 15) is 4.79 Å². The van der Waals surface area contributed by atoms with Gasteiger partial charge in [0, 0.05) is 37.6 Å². The molecule has 1 saturated heterocycles. The highest BCUT2D eigenvalue weighted by Gasteiger charge is 2.23. The number of anilines is 1. The number of carbonyl (C=O) groups is 1. The molecule has 1 amide bonds. The van der Waals surface area contributed by atoms with Crippen LogP contribution < -0.4 is 4.90 Å². The Morgan fingerprint density at radius 3 is 2.56 bits per heavy atom. The van der Waals surface area contributed by atoms with Crippen molar-refractivity contribution in [3.63, 3.8) is 0 Å². The lowest BCUT2D eigenvalue weighted by Gasteiger charge is -2.37. The summed E-state index contributed by atoms with van der Waals surface area (Å²) in [6.07, 6.45) is 0. The fourth-order valence-electron chi connectivity index (χ4n) is 3.10. The number of thiophene rings is 1. The van der Waals surface area contributed by atoms with Crippen LogP contribution in [0.5, 0.6) is 0 Å². The summed E-state index contributed by atoms with van der Waals surface area (Å²) in [7, 11) is 2.01. The minimum Gasteiger partial charge on any atom is -0.367 e. The van der Waals surface area contributed by atoms with E-state index in [1.807, 2.05) is 36.2 Å². The second-order valence-corrected chi connectivity index (χ2v) is 7.93. The quantitative estimate of drug-likeness (QED) is 0.798. The number of nitrogens with zero attached hydrogens (tertiary/aromatic N) is 3. The molecule has 0 spiro atoms. The summed E-state index contributed by atoms with van der Waals surface area (Å²) in [5.41, 5.74) is 2.36. The van der Waals surface area contributed by atoms with Gasteiger partial charge in [-0.3, -0.25) is 9.69 Å². The van der Waals surface area contributed by atoms with Gasteiger partial charge in [0.25, 0.3) is 0 Å². The lowest BCUT2D eigenvalue weighted by molar-refractivity contribution is -0.132. The van der Waals surface area contributed by atoms with E-state index in [4.69, 9.17) is 11.6 Å². The summed E-state index contributed by atoms with van der Waals surface area (Å²) in [6, 6.07) is 10.0. The Bertz CT molecular complexity index is 725. The zero-order valence-corrected chi connectivity index (χ0v) is 16.3. The standard InChI is InChI=1S/C19H24ClN3OS/c1-15-7-12-25-18(15)13-21(2)14-19(24)23-10-8-22(9-11-23)17-6-4-3-5-16(17)20/h3-7,12H,8-11,13-14H2,1-2H3. The average Bonchev–Trinajstić information content (AvgIpc) is 3.00. The highest BCUT2D eigenvalue weighted by molar-refractivity contribution is 7.10. The number of piperazine rings is 1. The van der Waals surface area contributed by atoms with E-state index >= 15 is 0 Å². The maximum absolute atomic E-state index is 12.6. The molecule has 2 aromatic rings. The van der Waals surface area contributed by atoms with Crippen LogP contribution in [0.25, 0.3) is 0 Å². The van der Waals surface area contributed by atoms with E-state index in [2.05, 4.69) is 28.2 Å². The average molecular weight is 378 g/mol. The minimum absolute atomic E-state index is 0.204. The van der Waals surface area contributed by atoms with Gasteiger partial charge in [-0.15, -0.1) is 11.3 Å². The van der Waals surface area contributed by atoms with Crippen molar-refractivity contribution < 1.29 is 4.79 Å². The summed E-state index contributed by atoms with van der Waals surface area (Å²) < 4.78 is 0. The molecule has 1 aromatic heterocycles. The zero-order valence-electron chi connectivity index (χ0n) is 14.7. The van der Waals surface area contributed by atoms with Crippen LogP contribution in [0.15, 0.2) is 35.7 Å². The molecular formula is C19H24ClN3OS. The van der Waals surface area contributed by atoms with E-state index in [0.717, 1.165) is 43.4 Å². The molecule has 0 saturated carbocycles. The van der Waals surface area contributed by atoms with Crippen molar-refractivity contribution in [2.75, 3.05) is 44.7 Å². The van der Waals surface area contributed by atoms with Crippen LogP contribution in [0, 0.1) is 6.92 Å². The lowest BCUT2D eigenvalue weighted by Crippen LogP contribution is -2.51. The molecule has 0 bridgehead atoms. The second kappa shape index (κ2) is 8.21. The van der Waals surface area contributed by atoms with Crippen molar-refractivity contribution in [3.05, 3.63) is 51.2 Å². The van der Waals surface area contributed by atoms with Gasteiger partial charge in [-0.1, -0.05) is 23.7 Å². The predicted molar refractivity (Wildman–Crippen MR) is 106 cm³/mol. The van der Waals surface area contributed by atoms with E-state index in [0.29, 0.717) is 6.54 Å². The Kier molecular flexibility index (Phi) is 5.99. The van der Waals surface area contributed by atoms with Gasteiger partial charge in [0.2, 0.25) is 5.91 Å². The largest absolute Gasteiger partial charge is 0.367 e. The van der Waals surface area contributed by atoms with E-state index in [-0.39, 0.29) is 5.91 Å². The van der Waals surface area contributed by atoms with Gasteiger partial charge in [-0.05, 0) is 43.1 Å². The monoisotopic (exact) mass is 377 g/mol. The molecule has 0 atom stereocenters. The van der Waals surface area contributed by atoms with Crippen molar-refractivity contribution in [1.29, 1.82) is 0 Å². The fourth-order valence-corrected chi connectivity index (χ4v) is 4.34. The Labute approximate surface area is 158 Å². The maximum Gasteiger partial charge on any atom is 0.236 e. The Morgan fingerprint density at radius 1 is 1.20 bits per heavy atom. The van der Waals surface area contributed by atoms with Crippen molar-refractivity contribution in [2.24, 2.45) is 0 Å². The van der Waals surface area contributed by atoms with Crippen LogP contribution in [0.2, 0.25) is 5.02 Å². The summed E-state index contributed by atoms with van der Waals surface area (Å²) >= 11 is 8.03. The summed E-state index contributed by atoms with van der Waals surface area (Å²) in [5, 5.41) is 2.88. The predicted octanol–water partition coefficient (Wildman–Crippen LogP) is 3.49. The second-order valence-electron chi connectivity index (χ2n) is 6.52. The van der Waals surface area contributed by atoms with Gasteiger partial charge in [-0.25, -0.2) is 0 Å². The molecule has 2 heterocycles. The van der Waals surface area contributed by atoms with Gasteiger partial charge >= 0.3 is 0 Å². The molecule has 1 aliphatic heterocycles. The summed E-state index contributed by atoms with van der Waals surface area (Å²) in [4.78, 5) is 20.2. The zero-order chi connectivity index (χ0) is 17.8. The number of para-hydroxylation sites is 1. The Morgan fingerprint density at radius 2 is 1.92 bits per heavy atom. The Balaban J connectivity index is 1.50. The molecule has 3 rings (SSSR count). The molecule has 1 fully saturated rings. The van der Waals surface area contributed by atoms with Crippen LogP contribution in [-0.2, 0) is 11.3 Å². The van der Waals surface area contributed by atoms with E-state index in [1.54, 1.807) is 11.3 Å². The smallest absolute Gasteiger partial charge is 0.236 e. The molecule has 0 aliphatic carbocycles. The van der Waals surface area contributed by atoms with Crippen LogP contribution in [0.3, 0.4) is 0 Å². The summed E-state index contributed by atoms with van der Waals surface area (Å²) in [5.74, 6) is 0.204. The number of aryl methyl sites for hydroxylation is 1. The summed E-state index contributed by atoms with van der Waals surface area (Å²) in [6.45, 7) is 6.55. The number of benzene rings is 1. The highest BCUT2D eigenvalue weighted by Crippen LogP contribution is 2.26. The maximum atomic E-state index is 12.6. The first-order valence-corrected chi connectivity index (χ1v) is 9.79. The molecular weight excluding hydrogens is 354 g/mol. The number of hydrogen-bond acceptors (Lipinski definition) is 4. The molecule has 4 nitrogen and oxygen atoms in total. The number of carbonyl (C=O) groups excluding carboxylic acids is 1. The number of amides is 1. The van der Waals surface area contributed by atoms with E-state index in [1.165, 1.54) is 10.4 Å². The molecule has 134 valence electrons. The van der Waals surface area contributed by atoms with Crippen molar-refractivity contribution in [3.8, 4) is 0 Å². The van der Waals surface area contributed by atoms with Crippen LogP contribution in [-0.4, -0.2) is 55.5 Å². The molecule has 25 heavy (non-hydrogen) atoms. The first-order valence-electron chi connectivity index (χ1n) is 8.53. The van der Waals surface area contributed by atoms with Crippen molar-refractivity contribution >= 4 is 34.5 Å². The third kappa shape index (κ3) is 4.54. The minimum atomic E-state index is 0.204. The third-order valence-electron chi connectivity index (χ3n) is 4.61. The van der Waals surface area contributed by atoms with Gasteiger partial charge in [0.15, 0.2) is 0 Å². The highest BCUT2D eigenvalue weighted by atomic mass is 35.5.